The highest BCUT2D eigenvalue weighted by Crippen LogP contribution is 2.23. The summed E-state index contributed by atoms with van der Waals surface area (Å²) in [4.78, 5) is 12.2. The van der Waals surface area contributed by atoms with Crippen LogP contribution in [0.5, 0.6) is 0 Å². The van der Waals surface area contributed by atoms with Gasteiger partial charge in [-0.1, -0.05) is 11.8 Å². The summed E-state index contributed by atoms with van der Waals surface area (Å²) in [5.74, 6) is 5.78. The number of aryl methyl sites for hydroxylation is 1. The fraction of sp³-hybridized carbons (Fsp3) is 0.471. The number of benzene rings is 1. The Morgan fingerprint density at radius 2 is 2.19 bits per heavy atom. The Kier molecular flexibility index (Phi) is 5.38. The summed E-state index contributed by atoms with van der Waals surface area (Å²) in [5, 5.41) is 11.8. The smallest absolute Gasteiger partial charge is 0.251 e. The van der Waals surface area contributed by atoms with Gasteiger partial charge in [-0.3, -0.25) is 4.79 Å². The minimum Gasteiger partial charge on any atom is -0.395 e. The lowest BCUT2D eigenvalue weighted by Gasteiger charge is -2.34. The van der Waals surface area contributed by atoms with Crippen molar-refractivity contribution in [3.05, 3.63) is 34.9 Å². The monoisotopic (exact) mass is 287 g/mol. The molecule has 4 heteroatoms. The molecule has 1 fully saturated rings. The maximum Gasteiger partial charge on any atom is 0.251 e. The van der Waals surface area contributed by atoms with Crippen molar-refractivity contribution in [1.29, 1.82) is 0 Å². The van der Waals surface area contributed by atoms with Crippen LogP contribution in [-0.2, 0) is 4.74 Å². The van der Waals surface area contributed by atoms with Crippen molar-refractivity contribution in [1.82, 2.24) is 5.32 Å². The van der Waals surface area contributed by atoms with Crippen LogP contribution in [0.15, 0.2) is 18.2 Å². The van der Waals surface area contributed by atoms with E-state index < -0.39 is 0 Å². The van der Waals surface area contributed by atoms with Gasteiger partial charge in [-0.2, -0.15) is 0 Å². The van der Waals surface area contributed by atoms with Crippen LogP contribution in [0.1, 0.15) is 40.7 Å². The Morgan fingerprint density at radius 1 is 1.43 bits per heavy atom. The molecule has 0 atom stereocenters. The lowest BCUT2D eigenvalue weighted by molar-refractivity contribution is 0.0176. The van der Waals surface area contributed by atoms with Crippen molar-refractivity contribution < 1.29 is 14.6 Å². The Balaban J connectivity index is 2.02. The zero-order valence-electron chi connectivity index (χ0n) is 12.5. The van der Waals surface area contributed by atoms with E-state index in [-0.39, 0.29) is 24.7 Å². The number of ether oxygens (including phenoxy) is 1. The molecule has 21 heavy (non-hydrogen) atoms. The van der Waals surface area contributed by atoms with Gasteiger partial charge in [0.25, 0.3) is 5.91 Å². The average molecular weight is 287 g/mol. The predicted octanol–water partition coefficient (Wildman–Crippen LogP) is 1.64. The molecule has 1 amide bonds. The normalized spacial score (nSPS) is 20.1. The molecule has 0 aromatic heterocycles. The topological polar surface area (TPSA) is 58.6 Å². The molecular formula is C17H21NO3. The zero-order chi connectivity index (χ0) is 15.2. The van der Waals surface area contributed by atoms with Crippen molar-refractivity contribution in [3.8, 4) is 11.8 Å². The SMILES string of the molecule is COC1CC(NC(=O)c2cc(C)cc(C#CCCO)c2)C1. The number of hydrogen-bond donors (Lipinski definition) is 2. The van der Waals surface area contributed by atoms with E-state index in [0.29, 0.717) is 12.0 Å². The van der Waals surface area contributed by atoms with Crippen molar-refractivity contribution in [3.63, 3.8) is 0 Å². The van der Waals surface area contributed by atoms with E-state index in [1.165, 1.54) is 0 Å². The second-order valence-electron chi connectivity index (χ2n) is 5.36. The third-order valence-corrected chi connectivity index (χ3v) is 3.57. The first-order valence-corrected chi connectivity index (χ1v) is 7.17. The molecule has 0 aliphatic heterocycles. The minimum atomic E-state index is -0.0662. The van der Waals surface area contributed by atoms with Crippen LogP contribution in [-0.4, -0.2) is 36.9 Å². The van der Waals surface area contributed by atoms with Crippen molar-refractivity contribution in [2.75, 3.05) is 13.7 Å². The molecule has 1 aromatic carbocycles. The highest BCUT2D eigenvalue weighted by molar-refractivity contribution is 5.95. The first-order valence-electron chi connectivity index (χ1n) is 7.17. The molecule has 112 valence electrons. The first-order chi connectivity index (χ1) is 10.1. The van der Waals surface area contributed by atoms with Crippen LogP contribution in [0.4, 0.5) is 0 Å². The molecular weight excluding hydrogens is 266 g/mol. The number of amides is 1. The summed E-state index contributed by atoms with van der Waals surface area (Å²) in [6.45, 7) is 1.99. The molecule has 0 heterocycles. The molecule has 0 bridgehead atoms. The van der Waals surface area contributed by atoms with Crippen LogP contribution in [0.25, 0.3) is 0 Å². The lowest BCUT2D eigenvalue weighted by atomic mass is 9.89. The highest BCUT2D eigenvalue weighted by atomic mass is 16.5. The number of nitrogens with one attached hydrogen (secondary N) is 1. The van der Waals surface area contributed by atoms with Gasteiger partial charge in [0.15, 0.2) is 0 Å². The number of aliphatic hydroxyl groups is 1. The Labute approximate surface area is 125 Å². The van der Waals surface area contributed by atoms with E-state index in [4.69, 9.17) is 9.84 Å². The quantitative estimate of drug-likeness (QED) is 0.828. The molecule has 0 radical (unpaired) electrons. The first kappa shape index (κ1) is 15.6. The van der Waals surface area contributed by atoms with Gasteiger partial charge in [-0.25, -0.2) is 0 Å². The summed E-state index contributed by atoms with van der Waals surface area (Å²) in [5.41, 5.74) is 2.43. The van der Waals surface area contributed by atoms with E-state index in [0.717, 1.165) is 24.0 Å². The molecule has 0 spiro atoms. The molecule has 1 aliphatic rings. The van der Waals surface area contributed by atoms with Gasteiger partial charge in [0.1, 0.15) is 0 Å². The van der Waals surface area contributed by atoms with Gasteiger partial charge >= 0.3 is 0 Å². The minimum absolute atomic E-state index is 0.0501. The molecule has 0 saturated heterocycles. The molecule has 2 N–H and O–H groups in total. The summed E-state index contributed by atoms with van der Waals surface area (Å²) in [6, 6.07) is 5.79. The standard InChI is InChI=1S/C17H21NO3/c1-12-7-13(5-3-4-6-19)9-14(8-12)17(20)18-15-10-16(11-15)21-2/h7-9,15-16,19H,4,6,10-11H2,1-2H3,(H,18,20). The number of carbonyl (C=O) groups is 1. The van der Waals surface area contributed by atoms with E-state index in [9.17, 15) is 4.79 Å². The number of carbonyl (C=O) groups excluding carboxylic acids is 1. The highest BCUT2D eigenvalue weighted by Gasteiger charge is 2.30. The van der Waals surface area contributed by atoms with Gasteiger partial charge in [0.2, 0.25) is 0 Å². The third kappa shape index (κ3) is 4.32. The van der Waals surface area contributed by atoms with E-state index >= 15 is 0 Å². The summed E-state index contributed by atoms with van der Waals surface area (Å²) in [7, 11) is 1.70. The number of methoxy groups -OCH3 is 1. The second-order valence-corrected chi connectivity index (χ2v) is 5.36. The van der Waals surface area contributed by atoms with E-state index in [2.05, 4.69) is 17.2 Å². The van der Waals surface area contributed by atoms with E-state index in [1.54, 1.807) is 13.2 Å². The van der Waals surface area contributed by atoms with Crippen LogP contribution in [0.2, 0.25) is 0 Å². The molecule has 1 saturated carbocycles. The average Bonchev–Trinajstić information content (AvgIpc) is 2.41. The third-order valence-electron chi connectivity index (χ3n) is 3.57. The van der Waals surface area contributed by atoms with Crippen molar-refractivity contribution >= 4 is 5.91 Å². The van der Waals surface area contributed by atoms with E-state index in [1.807, 2.05) is 19.1 Å². The second kappa shape index (κ2) is 7.26. The maximum absolute atomic E-state index is 12.2. The van der Waals surface area contributed by atoms with Crippen LogP contribution >= 0.6 is 0 Å². The van der Waals surface area contributed by atoms with Crippen molar-refractivity contribution in [2.45, 2.75) is 38.3 Å². The van der Waals surface area contributed by atoms with Crippen molar-refractivity contribution in [2.24, 2.45) is 0 Å². The van der Waals surface area contributed by atoms with Crippen LogP contribution in [0.3, 0.4) is 0 Å². The molecule has 1 aromatic rings. The number of rotatable bonds is 4. The zero-order valence-corrected chi connectivity index (χ0v) is 12.5. The Hall–Kier alpha value is -1.83. The Bertz CT molecular complexity index is 565. The maximum atomic E-state index is 12.2. The molecule has 4 nitrogen and oxygen atoms in total. The van der Waals surface area contributed by atoms with Gasteiger partial charge in [0.05, 0.1) is 12.7 Å². The fourth-order valence-electron chi connectivity index (χ4n) is 2.35. The van der Waals surface area contributed by atoms with Gasteiger partial charge in [-0.05, 0) is 43.5 Å². The van der Waals surface area contributed by atoms with Gasteiger partial charge in [0, 0.05) is 30.7 Å². The lowest BCUT2D eigenvalue weighted by Crippen LogP contribution is -2.47. The summed E-state index contributed by atoms with van der Waals surface area (Å²) in [6.07, 6.45) is 2.46. The summed E-state index contributed by atoms with van der Waals surface area (Å²) < 4.78 is 5.21. The van der Waals surface area contributed by atoms with Crippen LogP contribution in [0, 0.1) is 18.8 Å². The molecule has 0 unspecified atom stereocenters. The predicted molar refractivity (Wildman–Crippen MR) is 81.0 cm³/mol. The largest absolute Gasteiger partial charge is 0.395 e. The number of hydrogen-bond acceptors (Lipinski definition) is 3. The fourth-order valence-corrected chi connectivity index (χ4v) is 2.35. The van der Waals surface area contributed by atoms with Gasteiger partial charge < -0.3 is 15.2 Å². The summed E-state index contributed by atoms with van der Waals surface area (Å²) >= 11 is 0. The Morgan fingerprint density at radius 3 is 2.86 bits per heavy atom. The number of aliphatic hydroxyl groups excluding tert-OH is 1. The molecule has 2 rings (SSSR count). The van der Waals surface area contributed by atoms with Gasteiger partial charge in [-0.15, -0.1) is 0 Å². The van der Waals surface area contributed by atoms with Crippen LogP contribution < -0.4 is 5.32 Å². The molecule has 1 aliphatic carbocycles.